The summed E-state index contributed by atoms with van der Waals surface area (Å²) in [7, 11) is 1.90. The quantitative estimate of drug-likeness (QED) is 0.883. The molecule has 0 atom stereocenters. The van der Waals surface area contributed by atoms with Crippen molar-refractivity contribution in [2.45, 2.75) is 19.8 Å². The van der Waals surface area contributed by atoms with Crippen LogP contribution in [-0.4, -0.2) is 28.5 Å². The number of nitrogens with zero attached hydrogens (tertiary/aromatic N) is 4. The smallest absolute Gasteiger partial charge is 0.233 e. The lowest BCUT2D eigenvalue weighted by atomic mass is 10.3. The van der Waals surface area contributed by atoms with Crippen LogP contribution in [0.4, 0.5) is 22.0 Å². The molecule has 112 valence electrons. The van der Waals surface area contributed by atoms with Crippen molar-refractivity contribution < 1.29 is 4.39 Å². The number of halogens is 2. The fourth-order valence-electron chi connectivity index (χ4n) is 1.76. The third-order valence-corrected chi connectivity index (χ3v) is 3.03. The van der Waals surface area contributed by atoms with Crippen molar-refractivity contribution in [3.8, 4) is 0 Å². The first-order chi connectivity index (χ1) is 10.1. The summed E-state index contributed by atoms with van der Waals surface area (Å²) in [4.78, 5) is 14.3. The van der Waals surface area contributed by atoms with Gasteiger partial charge in [0.2, 0.25) is 17.2 Å². The van der Waals surface area contributed by atoms with Crippen LogP contribution in [0.5, 0.6) is 0 Å². The molecule has 0 fully saturated rings. The lowest BCUT2D eigenvalue weighted by molar-refractivity contribution is 0.628. The van der Waals surface area contributed by atoms with Crippen molar-refractivity contribution in [3.05, 3.63) is 35.4 Å². The van der Waals surface area contributed by atoms with E-state index in [0.717, 1.165) is 19.4 Å². The highest BCUT2D eigenvalue weighted by Crippen LogP contribution is 2.18. The van der Waals surface area contributed by atoms with Gasteiger partial charge in [0.1, 0.15) is 5.82 Å². The third kappa shape index (κ3) is 4.53. The molecule has 0 aliphatic heterocycles. The Balaban J connectivity index is 2.18. The van der Waals surface area contributed by atoms with Gasteiger partial charge in [0.15, 0.2) is 0 Å². The third-order valence-electron chi connectivity index (χ3n) is 2.87. The molecule has 1 heterocycles. The molecule has 7 heteroatoms. The van der Waals surface area contributed by atoms with Gasteiger partial charge in [-0.3, -0.25) is 0 Å². The average molecular weight is 310 g/mol. The van der Waals surface area contributed by atoms with Crippen molar-refractivity contribution in [1.82, 2.24) is 15.0 Å². The second-order valence-electron chi connectivity index (χ2n) is 4.64. The Kier molecular flexibility index (Phi) is 5.27. The van der Waals surface area contributed by atoms with Crippen molar-refractivity contribution in [3.63, 3.8) is 0 Å². The van der Waals surface area contributed by atoms with Crippen LogP contribution >= 0.6 is 11.6 Å². The second-order valence-corrected chi connectivity index (χ2v) is 4.98. The Bertz CT molecular complexity index is 608. The van der Waals surface area contributed by atoms with E-state index in [0.29, 0.717) is 17.6 Å². The number of hydrogen-bond donors (Lipinski definition) is 1. The van der Waals surface area contributed by atoms with Gasteiger partial charge in [-0.2, -0.15) is 15.0 Å². The van der Waals surface area contributed by atoms with E-state index in [1.807, 2.05) is 11.9 Å². The first-order valence-corrected chi connectivity index (χ1v) is 7.11. The topological polar surface area (TPSA) is 53.9 Å². The molecule has 1 aromatic heterocycles. The van der Waals surface area contributed by atoms with Crippen molar-refractivity contribution in [2.75, 3.05) is 23.8 Å². The predicted octanol–water partition coefficient (Wildman–Crippen LogP) is 3.64. The van der Waals surface area contributed by atoms with Gasteiger partial charge in [0.05, 0.1) is 0 Å². The number of rotatable bonds is 6. The van der Waals surface area contributed by atoms with E-state index >= 15 is 0 Å². The summed E-state index contributed by atoms with van der Waals surface area (Å²) >= 11 is 5.92. The van der Waals surface area contributed by atoms with Crippen LogP contribution in [0.3, 0.4) is 0 Å². The molecule has 0 radical (unpaired) electrons. The number of unbranched alkanes of at least 4 members (excludes halogenated alkanes) is 1. The van der Waals surface area contributed by atoms with Crippen molar-refractivity contribution in [1.29, 1.82) is 0 Å². The molecule has 0 aliphatic carbocycles. The van der Waals surface area contributed by atoms with Gasteiger partial charge in [0, 0.05) is 19.3 Å². The van der Waals surface area contributed by atoms with Crippen LogP contribution < -0.4 is 10.2 Å². The first kappa shape index (κ1) is 15.4. The zero-order valence-corrected chi connectivity index (χ0v) is 12.7. The molecule has 2 aromatic rings. The molecule has 0 bridgehead atoms. The zero-order chi connectivity index (χ0) is 15.2. The van der Waals surface area contributed by atoms with E-state index < -0.39 is 0 Å². The molecule has 0 spiro atoms. The summed E-state index contributed by atoms with van der Waals surface area (Å²) < 4.78 is 13.2. The highest BCUT2D eigenvalue weighted by atomic mass is 35.5. The Hall–Kier alpha value is -1.95. The molecular weight excluding hydrogens is 293 g/mol. The van der Waals surface area contributed by atoms with Gasteiger partial charge < -0.3 is 10.2 Å². The molecular formula is C14H17ClFN5. The van der Waals surface area contributed by atoms with E-state index in [1.54, 1.807) is 12.1 Å². The summed E-state index contributed by atoms with van der Waals surface area (Å²) in [5, 5.41) is 3.02. The van der Waals surface area contributed by atoms with Crippen LogP contribution in [0.2, 0.25) is 5.28 Å². The van der Waals surface area contributed by atoms with Gasteiger partial charge in [-0.1, -0.05) is 19.4 Å². The monoisotopic (exact) mass is 309 g/mol. The highest BCUT2D eigenvalue weighted by Gasteiger charge is 2.09. The summed E-state index contributed by atoms with van der Waals surface area (Å²) in [5.41, 5.74) is 0.555. The van der Waals surface area contributed by atoms with Crippen LogP contribution in [0.1, 0.15) is 19.8 Å². The normalized spacial score (nSPS) is 10.5. The summed E-state index contributed by atoms with van der Waals surface area (Å²) in [6.07, 6.45) is 2.12. The van der Waals surface area contributed by atoms with Crippen LogP contribution in [-0.2, 0) is 0 Å². The first-order valence-electron chi connectivity index (χ1n) is 6.74. The van der Waals surface area contributed by atoms with E-state index in [1.165, 1.54) is 12.1 Å². The molecule has 1 N–H and O–H groups in total. The van der Waals surface area contributed by atoms with E-state index in [4.69, 9.17) is 11.6 Å². The molecule has 0 unspecified atom stereocenters. The fraction of sp³-hybridized carbons (Fsp3) is 0.357. The maximum absolute atomic E-state index is 13.2. The Morgan fingerprint density at radius 2 is 2.10 bits per heavy atom. The molecule has 0 saturated carbocycles. The maximum atomic E-state index is 13.2. The van der Waals surface area contributed by atoms with Gasteiger partial charge in [-0.25, -0.2) is 4.39 Å². The number of nitrogens with one attached hydrogen (secondary N) is 1. The van der Waals surface area contributed by atoms with Crippen molar-refractivity contribution >= 4 is 29.2 Å². The van der Waals surface area contributed by atoms with Crippen LogP contribution in [0, 0.1) is 5.82 Å². The summed E-state index contributed by atoms with van der Waals surface area (Å²) in [5.74, 6) is 0.446. The minimum absolute atomic E-state index is 0.0993. The minimum Gasteiger partial charge on any atom is -0.344 e. The molecule has 0 aliphatic rings. The number of hydrogen-bond acceptors (Lipinski definition) is 5. The minimum atomic E-state index is -0.333. The predicted molar refractivity (Wildman–Crippen MR) is 82.7 cm³/mol. The summed E-state index contributed by atoms with van der Waals surface area (Å²) in [6.45, 7) is 2.95. The molecule has 0 saturated heterocycles. The molecule has 5 nitrogen and oxygen atoms in total. The SMILES string of the molecule is CCCCN(C)c1nc(Cl)nc(Nc2cccc(F)c2)n1. The molecule has 2 rings (SSSR count). The molecule has 21 heavy (non-hydrogen) atoms. The Morgan fingerprint density at radius 3 is 2.81 bits per heavy atom. The van der Waals surface area contributed by atoms with Crippen molar-refractivity contribution in [2.24, 2.45) is 0 Å². The largest absolute Gasteiger partial charge is 0.344 e. The average Bonchev–Trinajstić information content (AvgIpc) is 2.44. The number of benzene rings is 1. The number of aromatic nitrogens is 3. The standard InChI is InChI=1S/C14H17ClFN5/c1-3-4-8-21(2)14-19-12(15)18-13(20-14)17-11-7-5-6-10(16)9-11/h5-7,9H,3-4,8H2,1-2H3,(H,17,18,19,20). The van der Waals surface area contributed by atoms with Gasteiger partial charge in [-0.15, -0.1) is 0 Å². The van der Waals surface area contributed by atoms with Crippen LogP contribution in [0.15, 0.2) is 24.3 Å². The maximum Gasteiger partial charge on any atom is 0.233 e. The van der Waals surface area contributed by atoms with Gasteiger partial charge in [0.25, 0.3) is 0 Å². The van der Waals surface area contributed by atoms with E-state index in [2.05, 4.69) is 27.2 Å². The molecule has 1 aromatic carbocycles. The highest BCUT2D eigenvalue weighted by molar-refractivity contribution is 6.28. The lowest BCUT2D eigenvalue weighted by Gasteiger charge is -2.17. The molecule has 0 amide bonds. The lowest BCUT2D eigenvalue weighted by Crippen LogP contribution is -2.21. The Labute approximate surface area is 128 Å². The zero-order valence-electron chi connectivity index (χ0n) is 12.0. The second kappa shape index (κ2) is 7.17. The Morgan fingerprint density at radius 1 is 1.29 bits per heavy atom. The number of anilines is 3. The van der Waals surface area contributed by atoms with Gasteiger partial charge >= 0.3 is 0 Å². The van der Waals surface area contributed by atoms with Gasteiger partial charge in [-0.05, 0) is 36.2 Å². The van der Waals surface area contributed by atoms with Crippen LogP contribution in [0.25, 0.3) is 0 Å². The van der Waals surface area contributed by atoms with E-state index in [9.17, 15) is 4.39 Å². The fourth-order valence-corrected chi connectivity index (χ4v) is 1.91. The summed E-state index contributed by atoms with van der Waals surface area (Å²) in [6, 6.07) is 6.06. The van der Waals surface area contributed by atoms with E-state index in [-0.39, 0.29) is 11.1 Å².